The SMILES string of the molecule is C/C(=N/NC(=S)N1CCCC[C@@H]1C)c1ccccn1. The van der Waals surface area contributed by atoms with E-state index in [1.165, 1.54) is 19.3 Å². The minimum Gasteiger partial charge on any atom is -0.345 e. The molecule has 1 aliphatic heterocycles. The number of pyridine rings is 1. The largest absolute Gasteiger partial charge is 0.345 e. The summed E-state index contributed by atoms with van der Waals surface area (Å²) >= 11 is 5.41. The van der Waals surface area contributed by atoms with Crippen molar-refractivity contribution >= 4 is 23.0 Å². The Hall–Kier alpha value is -1.49. The maximum atomic E-state index is 5.41. The molecule has 0 spiro atoms. The fourth-order valence-corrected chi connectivity index (χ4v) is 2.55. The first-order chi connectivity index (χ1) is 9.18. The molecule has 2 heterocycles. The third-order valence-corrected chi connectivity index (χ3v) is 3.74. The van der Waals surface area contributed by atoms with Gasteiger partial charge in [0.2, 0.25) is 0 Å². The Morgan fingerprint density at radius 2 is 2.32 bits per heavy atom. The molecule has 0 unspecified atom stereocenters. The lowest BCUT2D eigenvalue weighted by atomic mass is 10.0. The van der Waals surface area contributed by atoms with Gasteiger partial charge in [-0.05, 0) is 57.5 Å². The minimum absolute atomic E-state index is 0.499. The van der Waals surface area contributed by atoms with Gasteiger partial charge in [0.05, 0.1) is 11.4 Å². The van der Waals surface area contributed by atoms with Crippen LogP contribution in [0.3, 0.4) is 0 Å². The third-order valence-electron chi connectivity index (χ3n) is 3.42. The molecule has 0 amide bonds. The Morgan fingerprint density at radius 1 is 1.47 bits per heavy atom. The van der Waals surface area contributed by atoms with Crippen LogP contribution in [-0.4, -0.2) is 33.3 Å². The summed E-state index contributed by atoms with van der Waals surface area (Å²) in [6, 6.07) is 6.28. The maximum Gasteiger partial charge on any atom is 0.189 e. The predicted octanol–water partition coefficient (Wildman–Crippen LogP) is 2.55. The average molecular weight is 276 g/mol. The van der Waals surface area contributed by atoms with Gasteiger partial charge in [0, 0.05) is 18.8 Å². The van der Waals surface area contributed by atoms with Crippen LogP contribution in [0.25, 0.3) is 0 Å². The first-order valence-electron chi connectivity index (χ1n) is 6.71. The lowest BCUT2D eigenvalue weighted by molar-refractivity contribution is 0.256. The first-order valence-corrected chi connectivity index (χ1v) is 7.11. The molecule has 0 radical (unpaired) electrons. The number of nitrogens with zero attached hydrogens (tertiary/aromatic N) is 3. The highest BCUT2D eigenvalue weighted by molar-refractivity contribution is 7.80. The number of aromatic nitrogens is 1. The molecule has 5 heteroatoms. The van der Waals surface area contributed by atoms with E-state index < -0.39 is 0 Å². The van der Waals surface area contributed by atoms with Crippen molar-refractivity contribution < 1.29 is 0 Å². The molecule has 0 aromatic carbocycles. The smallest absolute Gasteiger partial charge is 0.189 e. The van der Waals surface area contributed by atoms with Gasteiger partial charge in [0.15, 0.2) is 5.11 Å². The van der Waals surface area contributed by atoms with Crippen LogP contribution in [0.15, 0.2) is 29.5 Å². The number of rotatable bonds is 2. The zero-order valence-electron chi connectivity index (χ0n) is 11.5. The molecular formula is C14H20N4S. The van der Waals surface area contributed by atoms with Crippen LogP contribution in [-0.2, 0) is 0 Å². The summed E-state index contributed by atoms with van der Waals surface area (Å²) < 4.78 is 0. The van der Waals surface area contributed by atoms with Crippen LogP contribution in [0.1, 0.15) is 38.8 Å². The standard InChI is InChI=1S/C14H20N4S/c1-11-7-4-6-10-18(11)14(19)17-16-12(2)13-8-3-5-9-15-13/h3,5,8-9,11H,4,6-7,10H2,1-2H3,(H,17,19)/b16-12-/t11-/m0/s1. The van der Waals surface area contributed by atoms with Crippen molar-refractivity contribution in [2.45, 2.75) is 39.2 Å². The maximum absolute atomic E-state index is 5.41. The van der Waals surface area contributed by atoms with E-state index in [1.807, 2.05) is 25.1 Å². The molecule has 1 atom stereocenters. The zero-order chi connectivity index (χ0) is 13.7. The molecule has 1 aromatic rings. The van der Waals surface area contributed by atoms with Gasteiger partial charge in [-0.3, -0.25) is 10.4 Å². The summed E-state index contributed by atoms with van der Waals surface area (Å²) in [5, 5.41) is 5.04. The summed E-state index contributed by atoms with van der Waals surface area (Å²) in [6.45, 7) is 5.16. The molecule has 4 nitrogen and oxygen atoms in total. The van der Waals surface area contributed by atoms with Gasteiger partial charge >= 0.3 is 0 Å². The average Bonchev–Trinajstić information content (AvgIpc) is 2.46. The van der Waals surface area contributed by atoms with E-state index in [4.69, 9.17) is 12.2 Å². The van der Waals surface area contributed by atoms with Crippen molar-refractivity contribution in [3.05, 3.63) is 30.1 Å². The highest BCUT2D eigenvalue weighted by Gasteiger charge is 2.20. The molecule has 1 fully saturated rings. The Bertz CT molecular complexity index is 458. The zero-order valence-corrected chi connectivity index (χ0v) is 12.3. The monoisotopic (exact) mass is 276 g/mol. The third kappa shape index (κ3) is 3.73. The molecule has 0 saturated carbocycles. The summed E-state index contributed by atoms with van der Waals surface area (Å²) in [5.74, 6) is 0. The molecule has 1 saturated heterocycles. The summed E-state index contributed by atoms with van der Waals surface area (Å²) in [5.41, 5.74) is 4.69. The fourth-order valence-electron chi connectivity index (χ4n) is 2.23. The van der Waals surface area contributed by atoms with Crippen molar-refractivity contribution in [3.8, 4) is 0 Å². The molecule has 2 rings (SSSR count). The van der Waals surface area contributed by atoms with Crippen LogP contribution in [0.5, 0.6) is 0 Å². The van der Waals surface area contributed by atoms with Crippen molar-refractivity contribution in [3.63, 3.8) is 0 Å². The highest BCUT2D eigenvalue weighted by Crippen LogP contribution is 2.16. The molecule has 1 aliphatic rings. The number of hydrazone groups is 1. The molecule has 0 aliphatic carbocycles. The second kappa shape index (κ2) is 6.61. The molecular weight excluding hydrogens is 256 g/mol. The lowest BCUT2D eigenvalue weighted by Gasteiger charge is -2.34. The van der Waals surface area contributed by atoms with Crippen LogP contribution in [0.2, 0.25) is 0 Å². The van der Waals surface area contributed by atoms with Crippen molar-refractivity contribution in [2.24, 2.45) is 5.10 Å². The van der Waals surface area contributed by atoms with Gasteiger partial charge < -0.3 is 4.90 Å². The van der Waals surface area contributed by atoms with E-state index in [1.54, 1.807) is 6.20 Å². The van der Waals surface area contributed by atoms with Crippen molar-refractivity contribution in [2.75, 3.05) is 6.54 Å². The number of likely N-dealkylation sites (tertiary alicyclic amines) is 1. The Labute approximate surface area is 119 Å². The van der Waals surface area contributed by atoms with Crippen LogP contribution in [0, 0.1) is 0 Å². The van der Waals surface area contributed by atoms with Crippen molar-refractivity contribution in [1.82, 2.24) is 15.3 Å². The first kappa shape index (κ1) is 13.9. The quantitative estimate of drug-likeness (QED) is 0.512. The fraction of sp³-hybridized carbons (Fsp3) is 0.500. The lowest BCUT2D eigenvalue weighted by Crippen LogP contribution is -2.46. The summed E-state index contributed by atoms with van der Waals surface area (Å²) in [6.07, 6.45) is 5.45. The van der Waals surface area contributed by atoms with Gasteiger partial charge in [-0.15, -0.1) is 0 Å². The minimum atomic E-state index is 0.499. The summed E-state index contributed by atoms with van der Waals surface area (Å²) in [4.78, 5) is 6.47. The Morgan fingerprint density at radius 3 is 3.00 bits per heavy atom. The molecule has 102 valence electrons. The van der Waals surface area contributed by atoms with Gasteiger partial charge in [-0.2, -0.15) is 5.10 Å². The number of hydrogen-bond acceptors (Lipinski definition) is 3. The van der Waals surface area contributed by atoms with Gasteiger partial charge in [0.1, 0.15) is 0 Å². The Kier molecular flexibility index (Phi) is 4.85. The number of nitrogens with one attached hydrogen (secondary N) is 1. The van der Waals surface area contributed by atoms with E-state index in [9.17, 15) is 0 Å². The molecule has 1 aromatic heterocycles. The normalized spacial score (nSPS) is 20.2. The second-order valence-electron chi connectivity index (χ2n) is 4.87. The van der Waals surface area contributed by atoms with Crippen LogP contribution in [0.4, 0.5) is 0 Å². The highest BCUT2D eigenvalue weighted by atomic mass is 32.1. The van der Waals surface area contributed by atoms with E-state index in [2.05, 4.69) is 27.3 Å². The van der Waals surface area contributed by atoms with E-state index in [-0.39, 0.29) is 0 Å². The number of piperidine rings is 1. The van der Waals surface area contributed by atoms with E-state index in [0.717, 1.165) is 18.0 Å². The second-order valence-corrected chi connectivity index (χ2v) is 5.25. The Balaban J connectivity index is 1.96. The van der Waals surface area contributed by atoms with Crippen LogP contribution < -0.4 is 5.43 Å². The topological polar surface area (TPSA) is 40.5 Å². The van der Waals surface area contributed by atoms with Gasteiger partial charge in [0.25, 0.3) is 0 Å². The summed E-state index contributed by atoms with van der Waals surface area (Å²) in [7, 11) is 0. The predicted molar refractivity (Wildman–Crippen MR) is 82.2 cm³/mol. The van der Waals surface area contributed by atoms with Crippen molar-refractivity contribution in [1.29, 1.82) is 0 Å². The van der Waals surface area contributed by atoms with Crippen LogP contribution >= 0.6 is 12.2 Å². The van der Waals surface area contributed by atoms with Gasteiger partial charge in [-0.25, -0.2) is 0 Å². The van der Waals surface area contributed by atoms with E-state index in [0.29, 0.717) is 11.2 Å². The molecule has 0 bridgehead atoms. The van der Waals surface area contributed by atoms with Gasteiger partial charge in [-0.1, -0.05) is 6.07 Å². The number of thiocarbonyl (C=S) groups is 1. The number of hydrogen-bond donors (Lipinski definition) is 1. The van der Waals surface area contributed by atoms with E-state index >= 15 is 0 Å². The molecule has 19 heavy (non-hydrogen) atoms. The molecule has 1 N–H and O–H groups in total.